The number of ketones is 1. The van der Waals surface area contributed by atoms with Crippen molar-refractivity contribution in [2.75, 3.05) is 13.4 Å². The average Bonchev–Trinajstić information content (AvgIpc) is 2.14. The van der Waals surface area contributed by atoms with E-state index in [-0.39, 0.29) is 28.4 Å². The second-order valence-electron chi connectivity index (χ2n) is 3.75. The highest BCUT2D eigenvalue weighted by Gasteiger charge is 2.20. The fourth-order valence-electron chi connectivity index (χ4n) is 1.53. The maximum atomic E-state index is 13.3. The van der Waals surface area contributed by atoms with Gasteiger partial charge < -0.3 is 4.74 Å². The molecule has 6 heteroatoms. The van der Waals surface area contributed by atoms with Crippen LogP contribution in [0.5, 0.6) is 5.75 Å². The SMILES string of the molecule is COc1c(CC(C)=O)cc(F)cc1S(C)(=O)=O. The van der Waals surface area contributed by atoms with E-state index in [0.29, 0.717) is 0 Å². The smallest absolute Gasteiger partial charge is 0.179 e. The fraction of sp³-hybridized carbons (Fsp3) is 0.364. The van der Waals surface area contributed by atoms with Gasteiger partial charge in [-0.1, -0.05) is 0 Å². The normalized spacial score (nSPS) is 11.3. The molecule has 0 unspecified atom stereocenters. The number of Topliss-reactive ketones (excluding diaryl/α,β-unsaturated/α-hetero) is 1. The monoisotopic (exact) mass is 260 g/mol. The molecule has 0 amide bonds. The van der Waals surface area contributed by atoms with Gasteiger partial charge in [0.2, 0.25) is 0 Å². The van der Waals surface area contributed by atoms with Gasteiger partial charge in [-0.25, -0.2) is 12.8 Å². The number of ether oxygens (including phenoxy) is 1. The first-order chi connectivity index (χ1) is 7.75. The Bertz CT molecular complexity index is 549. The van der Waals surface area contributed by atoms with Gasteiger partial charge in [0.1, 0.15) is 22.2 Å². The van der Waals surface area contributed by atoms with Gasteiger partial charge in [0.15, 0.2) is 9.84 Å². The second kappa shape index (κ2) is 4.83. The van der Waals surface area contributed by atoms with E-state index in [2.05, 4.69) is 0 Å². The van der Waals surface area contributed by atoms with Crippen molar-refractivity contribution < 1.29 is 22.3 Å². The Balaban J connectivity index is 3.51. The molecule has 0 spiro atoms. The van der Waals surface area contributed by atoms with Gasteiger partial charge in [-0.2, -0.15) is 0 Å². The molecule has 0 aromatic heterocycles. The van der Waals surface area contributed by atoms with Crippen LogP contribution in [-0.2, 0) is 21.1 Å². The molecule has 0 heterocycles. The van der Waals surface area contributed by atoms with Crippen molar-refractivity contribution in [3.05, 3.63) is 23.5 Å². The first-order valence-electron chi connectivity index (χ1n) is 4.81. The largest absolute Gasteiger partial charge is 0.495 e. The predicted molar refractivity (Wildman–Crippen MR) is 60.4 cm³/mol. The number of benzene rings is 1. The van der Waals surface area contributed by atoms with Crippen LogP contribution in [0.3, 0.4) is 0 Å². The lowest BCUT2D eigenvalue weighted by Gasteiger charge is -2.11. The van der Waals surface area contributed by atoms with Crippen LogP contribution in [0.15, 0.2) is 17.0 Å². The van der Waals surface area contributed by atoms with Gasteiger partial charge in [0, 0.05) is 18.2 Å². The number of rotatable bonds is 4. The van der Waals surface area contributed by atoms with Gasteiger partial charge in [0.05, 0.1) is 7.11 Å². The van der Waals surface area contributed by atoms with Crippen molar-refractivity contribution in [2.45, 2.75) is 18.2 Å². The van der Waals surface area contributed by atoms with E-state index in [1.807, 2.05) is 0 Å². The highest BCUT2D eigenvalue weighted by molar-refractivity contribution is 7.90. The molecule has 1 aromatic rings. The molecule has 4 nitrogen and oxygen atoms in total. The van der Waals surface area contributed by atoms with Crippen LogP contribution in [0.25, 0.3) is 0 Å². The molecule has 0 saturated heterocycles. The third kappa shape index (κ3) is 3.26. The van der Waals surface area contributed by atoms with E-state index in [1.165, 1.54) is 14.0 Å². The first-order valence-corrected chi connectivity index (χ1v) is 6.70. The minimum Gasteiger partial charge on any atom is -0.495 e. The molecule has 0 radical (unpaired) electrons. The summed E-state index contributed by atoms with van der Waals surface area (Å²) in [5.41, 5.74) is 0.237. The second-order valence-corrected chi connectivity index (χ2v) is 5.73. The summed E-state index contributed by atoms with van der Waals surface area (Å²) in [6.07, 6.45) is 0.894. The molecule has 0 aliphatic heterocycles. The lowest BCUT2D eigenvalue weighted by molar-refractivity contribution is -0.116. The van der Waals surface area contributed by atoms with E-state index >= 15 is 0 Å². The van der Waals surface area contributed by atoms with Crippen molar-refractivity contribution in [3.63, 3.8) is 0 Å². The van der Waals surface area contributed by atoms with Gasteiger partial charge in [-0.05, 0) is 19.1 Å². The van der Waals surface area contributed by atoms with E-state index in [1.54, 1.807) is 0 Å². The molecular formula is C11H13FO4S. The van der Waals surface area contributed by atoms with E-state index in [4.69, 9.17) is 4.74 Å². The Morgan fingerprint density at radius 2 is 2.00 bits per heavy atom. The average molecular weight is 260 g/mol. The number of carbonyl (C=O) groups excluding carboxylic acids is 1. The Morgan fingerprint density at radius 1 is 1.41 bits per heavy atom. The number of hydrogen-bond acceptors (Lipinski definition) is 4. The van der Waals surface area contributed by atoms with Crippen molar-refractivity contribution in [1.82, 2.24) is 0 Å². The minimum atomic E-state index is -3.60. The zero-order chi connectivity index (χ0) is 13.2. The van der Waals surface area contributed by atoms with Crippen LogP contribution in [0, 0.1) is 5.82 Å². The predicted octanol–water partition coefficient (Wildman–Crippen LogP) is 1.37. The molecule has 0 atom stereocenters. The van der Waals surface area contributed by atoms with Crippen LogP contribution in [0.2, 0.25) is 0 Å². The van der Waals surface area contributed by atoms with Gasteiger partial charge in [-0.15, -0.1) is 0 Å². The molecule has 1 aromatic carbocycles. The molecule has 17 heavy (non-hydrogen) atoms. The molecular weight excluding hydrogens is 247 g/mol. The van der Waals surface area contributed by atoms with Crippen molar-refractivity contribution in [1.29, 1.82) is 0 Å². The molecule has 0 aliphatic rings. The molecule has 1 rings (SSSR count). The van der Waals surface area contributed by atoms with Crippen molar-refractivity contribution in [2.24, 2.45) is 0 Å². The number of halogens is 1. The summed E-state index contributed by atoms with van der Waals surface area (Å²) in [6.45, 7) is 1.34. The Morgan fingerprint density at radius 3 is 2.41 bits per heavy atom. The van der Waals surface area contributed by atoms with Crippen molar-refractivity contribution in [3.8, 4) is 5.75 Å². The summed E-state index contributed by atoms with van der Waals surface area (Å²) in [5.74, 6) is -0.875. The van der Waals surface area contributed by atoms with Gasteiger partial charge >= 0.3 is 0 Å². The third-order valence-electron chi connectivity index (χ3n) is 2.14. The quantitative estimate of drug-likeness (QED) is 0.820. The maximum absolute atomic E-state index is 13.3. The molecule has 0 saturated carbocycles. The lowest BCUT2D eigenvalue weighted by atomic mass is 10.1. The van der Waals surface area contributed by atoms with Crippen LogP contribution < -0.4 is 4.74 Å². The van der Waals surface area contributed by atoms with E-state index in [9.17, 15) is 17.6 Å². The zero-order valence-electron chi connectivity index (χ0n) is 9.78. The molecule has 0 aliphatic carbocycles. The maximum Gasteiger partial charge on any atom is 0.179 e. The summed E-state index contributed by atoms with van der Waals surface area (Å²) in [7, 11) is -2.32. The van der Waals surface area contributed by atoms with Crippen LogP contribution >= 0.6 is 0 Å². The summed E-state index contributed by atoms with van der Waals surface area (Å²) in [5, 5.41) is 0. The summed E-state index contributed by atoms with van der Waals surface area (Å²) in [4.78, 5) is 10.8. The zero-order valence-corrected chi connectivity index (χ0v) is 10.6. The molecule has 0 N–H and O–H groups in total. The number of sulfone groups is 1. The minimum absolute atomic E-state index is 0.0316. The highest BCUT2D eigenvalue weighted by atomic mass is 32.2. The number of hydrogen-bond donors (Lipinski definition) is 0. The van der Waals surface area contributed by atoms with Crippen LogP contribution in [0.1, 0.15) is 12.5 Å². The molecule has 94 valence electrons. The fourth-order valence-corrected chi connectivity index (χ4v) is 2.41. The summed E-state index contributed by atoms with van der Waals surface area (Å²) >= 11 is 0. The standard InChI is InChI=1S/C11H13FO4S/c1-7(13)4-8-5-9(12)6-10(11(8)16-2)17(3,14)15/h5-6H,4H2,1-3H3. The number of methoxy groups -OCH3 is 1. The first kappa shape index (κ1) is 13.6. The van der Waals surface area contributed by atoms with Crippen molar-refractivity contribution >= 4 is 15.6 Å². The number of carbonyl (C=O) groups is 1. The highest BCUT2D eigenvalue weighted by Crippen LogP contribution is 2.29. The Labute approximate surface area is 99.3 Å². The molecule has 0 fully saturated rings. The van der Waals surface area contributed by atoms with Crippen LogP contribution in [0.4, 0.5) is 4.39 Å². The Hall–Kier alpha value is -1.43. The topological polar surface area (TPSA) is 60.4 Å². The van der Waals surface area contributed by atoms with Crippen LogP contribution in [-0.4, -0.2) is 27.6 Å². The third-order valence-corrected chi connectivity index (χ3v) is 3.24. The van der Waals surface area contributed by atoms with E-state index in [0.717, 1.165) is 18.4 Å². The molecule has 0 bridgehead atoms. The van der Waals surface area contributed by atoms with Gasteiger partial charge in [0.25, 0.3) is 0 Å². The summed E-state index contributed by atoms with van der Waals surface area (Å²) in [6, 6.07) is 1.99. The lowest BCUT2D eigenvalue weighted by Crippen LogP contribution is -2.07. The van der Waals surface area contributed by atoms with Gasteiger partial charge in [-0.3, -0.25) is 4.79 Å². The van der Waals surface area contributed by atoms with E-state index < -0.39 is 15.7 Å². The summed E-state index contributed by atoms with van der Waals surface area (Å²) < 4.78 is 41.2. The Kier molecular flexibility index (Phi) is 3.87.